The quantitative estimate of drug-likeness (QED) is 0.770. The summed E-state index contributed by atoms with van der Waals surface area (Å²) in [5, 5.41) is 8.76. The SMILES string of the molecule is COc1c(C)cc(CC(=O)OCCO)cc1C(C)(C)CC(C)(C)C. The summed E-state index contributed by atoms with van der Waals surface area (Å²) in [5.41, 5.74) is 3.14. The third-order valence-electron chi connectivity index (χ3n) is 3.94. The molecule has 0 radical (unpaired) electrons. The van der Waals surface area contributed by atoms with Gasteiger partial charge in [0, 0.05) is 5.56 Å². The van der Waals surface area contributed by atoms with Crippen LogP contribution in [0.25, 0.3) is 0 Å². The average Bonchev–Trinajstić information content (AvgIpc) is 2.42. The Bertz CT molecular complexity index is 568. The summed E-state index contributed by atoms with van der Waals surface area (Å²) < 4.78 is 10.6. The van der Waals surface area contributed by atoms with Gasteiger partial charge in [-0.15, -0.1) is 0 Å². The van der Waals surface area contributed by atoms with E-state index in [1.807, 2.05) is 13.0 Å². The second-order valence-corrected chi connectivity index (χ2v) is 8.24. The fourth-order valence-corrected chi connectivity index (χ4v) is 3.52. The molecular weight excluding hydrogens is 304 g/mol. The lowest BCUT2D eigenvalue weighted by Crippen LogP contribution is -2.26. The number of carbonyl (C=O) groups excluding carboxylic acids is 1. The van der Waals surface area contributed by atoms with Crippen molar-refractivity contribution < 1.29 is 19.4 Å². The van der Waals surface area contributed by atoms with Crippen LogP contribution in [-0.4, -0.2) is 31.4 Å². The average molecular weight is 336 g/mol. The first-order valence-electron chi connectivity index (χ1n) is 8.44. The van der Waals surface area contributed by atoms with Gasteiger partial charge in [-0.3, -0.25) is 4.79 Å². The van der Waals surface area contributed by atoms with Crippen molar-refractivity contribution in [1.29, 1.82) is 0 Å². The summed E-state index contributed by atoms with van der Waals surface area (Å²) >= 11 is 0. The maximum absolute atomic E-state index is 11.9. The van der Waals surface area contributed by atoms with Gasteiger partial charge in [-0.2, -0.15) is 0 Å². The maximum atomic E-state index is 11.9. The van der Waals surface area contributed by atoms with Crippen LogP contribution in [0.2, 0.25) is 0 Å². The molecule has 0 spiro atoms. The van der Waals surface area contributed by atoms with Gasteiger partial charge in [-0.05, 0) is 35.3 Å². The summed E-state index contributed by atoms with van der Waals surface area (Å²) in [5.74, 6) is 0.560. The highest BCUT2D eigenvalue weighted by Crippen LogP contribution is 2.42. The lowest BCUT2D eigenvalue weighted by atomic mass is 9.71. The minimum Gasteiger partial charge on any atom is -0.496 e. The monoisotopic (exact) mass is 336 g/mol. The number of benzene rings is 1. The van der Waals surface area contributed by atoms with Crippen molar-refractivity contribution in [2.75, 3.05) is 20.3 Å². The second-order valence-electron chi connectivity index (χ2n) is 8.24. The molecule has 0 aromatic heterocycles. The lowest BCUT2D eigenvalue weighted by molar-refractivity contribution is -0.143. The number of aliphatic hydroxyl groups is 1. The van der Waals surface area contributed by atoms with Gasteiger partial charge >= 0.3 is 5.97 Å². The Hall–Kier alpha value is -1.55. The van der Waals surface area contributed by atoms with E-state index < -0.39 is 0 Å². The molecule has 1 rings (SSSR count). The molecule has 4 heteroatoms. The molecule has 4 nitrogen and oxygen atoms in total. The smallest absolute Gasteiger partial charge is 0.310 e. The van der Waals surface area contributed by atoms with E-state index in [-0.39, 0.29) is 36.4 Å². The standard InChI is InChI=1S/C20H32O4/c1-14-10-15(12-17(22)24-9-8-21)11-16(18(14)23-7)20(5,6)13-19(2,3)4/h10-11,21H,8-9,12-13H2,1-7H3. The summed E-state index contributed by atoms with van der Waals surface area (Å²) in [6.07, 6.45) is 1.19. The van der Waals surface area contributed by atoms with Crippen LogP contribution in [0.5, 0.6) is 5.75 Å². The van der Waals surface area contributed by atoms with Crippen LogP contribution in [0.3, 0.4) is 0 Å². The van der Waals surface area contributed by atoms with Crippen molar-refractivity contribution in [3.63, 3.8) is 0 Å². The summed E-state index contributed by atoms with van der Waals surface area (Å²) in [6, 6.07) is 4.02. The molecule has 136 valence electrons. The van der Waals surface area contributed by atoms with E-state index in [2.05, 4.69) is 40.7 Å². The van der Waals surface area contributed by atoms with Crippen LogP contribution >= 0.6 is 0 Å². The van der Waals surface area contributed by atoms with E-state index in [1.54, 1.807) is 7.11 Å². The third-order valence-corrected chi connectivity index (χ3v) is 3.94. The van der Waals surface area contributed by atoms with Gasteiger partial charge in [0.05, 0.1) is 20.1 Å². The van der Waals surface area contributed by atoms with Gasteiger partial charge in [0.25, 0.3) is 0 Å². The normalized spacial score (nSPS) is 12.2. The Morgan fingerprint density at radius 1 is 1.17 bits per heavy atom. The predicted octanol–water partition coefficient (Wildman–Crippen LogP) is 3.80. The van der Waals surface area contributed by atoms with Crippen molar-refractivity contribution in [1.82, 2.24) is 0 Å². The number of rotatable bonds is 7. The van der Waals surface area contributed by atoms with Gasteiger partial charge in [-0.1, -0.05) is 46.8 Å². The molecule has 0 saturated heterocycles. The minimum atomic E-state index is -0.326. The van der Waals surface area contributed by atoms with Gasteiger partial charge < -0.3 is 14.6 Å². The zero-order valence-corrected chi connectivity index (χ0v) is 16.2. The summed E-state index contributed by atoms with van der Waals surface area (Å²) in [4.78, 5) is 11.9. The number of aliphatic hydroxyl groups excluding tert-OH is 1. The highest BCUT2D eigenvalue weighted by atomic mass is 16.5. The lowest BCUT2D eigenvalue weighted by Gasteiger charge is -2.34. The molecular formula is C20H32O4. The molecule has 0 saturated carbocycles. The fraction of sp³-hybridized carbons (Fsp3) is 0.650. The number of ether oxygens (including phenoxy) is 2. The first-order valence-corrected chi connectivity index (χ1v) is 8.44. The van der Waals surface area contributed by atoms with Crippen LogP contribution in [0.4, 0.5) is 0 Å². The molecule has 1 N–H and O–H groups in total. The molecule has 1 aromatic rings. The first kappa shape index (κ1) is 20.5. The second kappa shape index (κ2) is 8.02. The van der Waals surface area contributed by atoms with E-state index in [9.17, 15) is 4.79 Å². The van der Waals surface area contributed by atoms with Crippen LogP contribution < -0.4 is 4.74 Å². The van der Waals surface area contributed by atoms with Crippen LogP contribution in [-0.2, 0) is 21.4 Å². The zero-order chi connectivity index (χ0) is 18.5. The van der Waals surface area contributed by atoms with Crippen LogP contribution in [0.15, 0.2) is 12.1 Å². The first-order chi connectivity index (χ1) is 11.0. The number of methoxy groups -OCH3 is 1. The van der Waals surface area contributed by atoms with Gasteiger partial charge in [-0.25, -0.2) is 0 Å². The zero-order valence-electron chi connectivity index (χ0n) is 16.2. The molecule has 24 heavy (non-hydrogen) atoms. The Kier molecular flexibility index (Phi) is 6.85. The molecule has 0 bridgehead atoms. The van der Waals surface area contributed by atoms with E-state index >= 15 is 0 Å². The van der Waals surface area contributed by atoms with Crippen LogP contribution in [0, 0.1) is 12.3 Å². The van der Waals surface area contributed by atoms with E-state index in [0.717, 1.165) is 28.9 Å². The molecule has 0 aliphatic rings. The fourth-order valence-electron chi connectivity index (χ4n) is 3.52. The Morgan fingerprint density at radius 2 is 1.79 bits per heavy atom. The van der Waals surface area contributed by atoms with E-state index in [1.165, 1.54) is 0 Å². The van der Waals surface area contributed by atoms with Crippen molar-refractivity contribution in [2.45, 2.75) is 59.8 Å². The molecule has 0 heterocycles. The molecule has 0 aliphatic heterocycles. The number of carbonyl (C=O) groups is 1. The van der Waals surface area contributed by atoms with Gasteiger partial charge in [0.15, 0.2) is 0 Å². The highest BCUT2D eigenvalue weighted by molar-refractivity contribution is 5.73. The van der Waals surface area contributed by atoms with E-state index in [4.69, 9.17) is 14.6 Å². The van der Waals surface area contributed by atoms with Gasteiger partial charge in [0.1, 0.15) is 12.4 Å². The third kappa shape index (κ3) is 5.82. The van der Waals surface area contributed by atoms with Crippen molar-refractivity contribution >= 4 is 5.97 Å². The van der Waals surface area contributed by atoms with Crippen molar-refractivity contribution in [3.05, 3.63) is 28.8 Å². The minimum absolute atomic E-state index is 0.0380. The Balaban J connectivity index is 3.20. The summed E-state index contributed by atoms with van der Waals surface area (Å²) in [6.45, 7) is 13.0. The molecule has 0 atom stereocenters. The van der Waals surface area contributed by atoms with Crippen molar-refractivity contribution in [2.24, 2.45) is 5.41 Å². The largest absolute Gasteiger partial charge is 0.496 e. The maximum Gasteiger partial charge on any atom is 0.310 e. The number of hydrogen-bond acceptors (Lipinski definition) is 4. The van der Waals surface area contributed by atoms with E-state index in [0.29, 0.717) is 0 Å². The predicted molar refractivity (Wildman–Crippen MR) is 96.6 cm³/mol. The topological polar surface area (TPSA) is 55.8 Å². The Labute approximate surface area is 146 Å². The molecule has 0 amide bonds. The molecule has 1 aromatic carbocycles. The molecule has 0 fully saturated rings. The van der Waals surface area contributed by atoms with Crippen LogP contribution in [0.1, 0.15) is 57.7 Å². The Morgan fingerprint density at radius 3 is 2.29 bits per heavy atom. The number of aryl methyl sites for hydroxylation is 1. The summed E-state index contributed by atoms with van der Waals surface area (Å²) in [7, 11) is 1.69. The number of esters is 1. The molecule has 0 aliphatic carbocycles. The van der Waals surface area contributed by atoms with Crippen molar-refractivity contribution in [3.8, 4) is 5.75 Å². The van der Waals surface area contributed by atoms with Gasteiger partial charge in [0.2, 0.25) is 0 Å². The highest BCUT2D eigenvalue weighted by Gasteiger charge is 2.31. The molecule has 0 unspecified atom stereocenters. The number of hydrogen-bond donors (Lipinski definition) is 1.